The fourth-order valence-corrected chi connectivity index (χ4v) is 3.88. The van der Waals surface area contributed by atoms with Gasteiger partial charge in [-0.3, -0.25) is 9.59 Å². The van der Waals surface area contributed by atoms with Crippen molar-refractivity contribution in [3.05, 3.63) is 95.5 Å². The first-order valence-electron chi connectivity index (χ1n) is 11.6. The molecule has 1 aliphatic rings. The van der Waals surface area contributed by atoms with E-state index < -0.39 is 5.97 Å². The second kappa shape index (κ2) is 11.3. The minimum absolute atomic E-state index is 0.108. The van der Waals surface area contributed by atoms with E-state index in [0.717, 1.165) is 17.0 Å². The van der Waals surface area contributed by atoms with Crippen LogP contribution in [0.5, 0.6) is 0 Å². The number of hydrogen-bond donors (Lipinski definition) is 2. The molecule has 0 unspecified atom stereocenters. The fourth-order valence-electron chi connectivity index (χ4n) is 3.88. The number of nitrogens with zero attached hydrogens (tertiary/aromatic N) is 2. The van der Waals surface area contributed by atoms with Crippen LogP contribution >= 0.6 is 0 Å². The van der Waals surface area contributed by atoms with Crippen LogP contribution in [0.25, 0.3) is 22.3 Å². The largest absolute Gasteiger partial charge is 0.481 e. The first kappa shape index (κ1) is 24.0. The Labute approximate surface area is 202 Å². The first-order valence-corrected chi connectivity index (χ1v) is 11.6. The number of fused-ring (bicyclic) bond motifs is 1. The highest BCUT2D eigenvalue weighted by atomic mass is 19.1. The summed E-state index contributed by atoms with van der Waals surface area (Å²) in [5, 5.41) is 11.8. The zero-order valence-electron chi connectivity index (χ0n) is 19.2. The summed E-state index contributed by atoms with van der Waals surface area (Å²) in [6.07, 6.45) is 8.97. The highest BCUT2D eigenvalue weighted by Gasteiger charge is 2.14. The van der Waals surface area contributed by atoms with Gasteiger partial charge in [0.25, 0.3) is 5.91 Å². The topological polar surface area (TPSA) is 92.2 Å². The van der Waals surface area contributed by atoms with Gasteiger partial charge in [0.2, 0.25) is 0 Å². The standard InChI is InChI=1S/C28H26FN3O3/c29-22-11-5-4-8-19(16-22)18-30-28(35)21-14-15-23-25(17-21)31-24(12-6-7-13-26(33)34)27(32-23)20-9-2-1-3-10-20/h1-4,8-11,14-17H,5-7,12-13,18H2,(H,30,35)(H,33,34). The van der Waals surface area contributed by atoms with E-state index >= 15 is 0 Å². The van der Waals surface area contributed by atoms with Crippen LogP contribution < -0.4 is 5.32 Å². The number of rotatable bonds is 9. The van der Waals surface area contributed by atoms with Crippen molar-refractivity contribution in [3.8, 4) is 11.3 Å². The number of unbranched alkanes of at least 4 members (excludes halogenated alkanes) is 1. The van der Waals surface area contributed by atoms with Gasteiger partial charge < -0.3 is 10.4 Å². The molecule has 0 spiro atoms. The van der Waals surface area contributed by atoms with E-state index in [0.29, 0.717) is 47.9 Å². The quantitative estimate of drug-likeness (QED) is 0.399. The molecule has 3 aromatic rings. The molecule has 0 fully saturated rings. The van der Waals surface area contributed by atoms with Crippen LogP contribution in [0.4, 0.5) is 4.39 Å². The monoisotopic (exact) mass is 471 g/mol. The molecule has 6 nitrogen and oxygen atoms in total. The van der Waals surface area contributed by atoms with E-state index in [1.807, 2.05) is 36.4 Å². The van der Waals surface area contributed by atoms with Crippen molar-refractivity contribution in [1.29, 1.82) is 0 Å². The van der Waals surface area contributed by atoms with E-state index in [1.165, 1.54) is 12.2 Å². The summed E-state index contributed by atoms with van der Waals surface area (Å²) in [7, 11) is 0. The van der Waals surface area contributed by atoms with Gasteiger partial charge in [-0.2, -0.15) is 0 Å². The van der Waals surface area contributed by atoms with Crippen molar-refractivity contribution in [2.24, 2.45) is 0 Å². The maximum absolute atomic E-state index is 13.6. The number of aromatic nitrogens is 2. The van der Waals surface area contributed by atoms with Gasteiger partial charge in [-0.25, -0.2) is 14.4 Å². The molecule has 1 aromatic heterocycles. The number of carbonyl (C=O) groups is 2. The summed E-state index contributed by atoms with van der Waals surface area (Å²) in [4.78, 5) is 33.3. The van der Waals surface area contributed by atoms with Crippen LogP contribution in [-0.2, 0) is 11.2 Å². The van der Waals surface area contributed by atoms with Crippen LogP contribution in [0.3, 0.4) is 0 Å². The molecule has 7 heteroatoms. The Morgan fingerprint density at radius 2 is 1.86 bits per heavy atom. The summed E-state index contributed by atoms with van der Waals surface area (Å²) in [5.74, 6) is -1.42. The van der Waals surface area contributed by atoms with E-state index in [2.05, 4.69) is 5.32 Å². The van der Waals surface area contributed by atoms with Gasteiger partial charge in [0.1, 0.15) is 5.83 Å². The Bertz CT molecular complexity index is 1330. The number of benzene rings is 2. The van der Waals surface area contributed by atoms with E-state index in [1.54, 1.807) is 24.3 Å². The third-order valence-corrected chi connectivity index (χ3v) is 5.66. The highest BCUT2D eigenvalue weighted by molar-refractivity contribution is 5.97. The minimum atomic E-state index is -0.817. The molecule has 0 saturated heterocycles. The molecular weight excluding hydrogens is 445 g/mol. The summed E-state index contributed by atoms with van der Waals surface area (Å²) in [6.45, 7) is 0.210. The number of aliphatic carboxylic acids is 1. The molecule has 0 bridgehead atoms. The Morgan fingerprint density at radius 1 is 1.03 bits per heavy atom. The molecule has 4 rings (SSSR count). The van der Waals surface area contributed by atoms with Crippen LogP contribution in [0, 0.1) is 0 Å². The Kier molecular flexibility index (Phi) is 7.77. The van der Waals surface area contributed by atoms with Crippen molar-refractivity contribution < 1.29 is 19.1 Å². The molecule has 2 N–H and O–H groups in total. The maximum Gasteiger partial charge on any atom is 0.303 e. The first-order chi connectivity index (χ1) is 17.0. The van der Waals surface area contributed by atoms with Gasteiger partial charge in [-0.1, -0.05) is 42.5 Å². The van der Waals surface area contributed by atoms with Gasteiger partial charge in [0.05, 0.1) is 22.4 Å². The van der Waals surface area contributed by atoms with Crippen LogP contribution in [0.15, 0.2) is 84.2 Å². The Hall–Kier alpha value is -4.13. The highest BCUT2D eigenvalue weighted by Crippen LogP contribution is 2.25. The number of hydrogen-bond acceptors (Lipinski definition) is 4. The van der Waals surface area contributed by atoms with Gasteiger partial charge in [-0.05, 0) is 61.6 Å². The van der Waals surface area contributed by atoms with Crippen molar-refractivity contribution in [2.45, 2.75) is 32.1 Å². The van der Waals surface area contributed by atoms with E-state index in [4.69, 9.17) is 15.1 Å². The molecule has 35 heavy (non-hydrogen) atoms. The zero-order valence-corrected chi connectivity index (χ0v) is 19.2. The number of carboxylic acid groups (broad SMARTS) is 1. The van der Waals surface area contributed by atoms with Crippen molar-refractivity contribution in [2.75, 3.05) is 6.54 Å². The normalized spacial score (nSPS) is 13.2. The van der Waals surface area contributed by atoms with Crippen molar-refractivity contribution in [1.82, 2.24) is 15.3 Å². The number of amides is 1. The Morgan fingerprint density at radius 3 is 2.66 bits per heavy atom. The molecule has 1 heterocycles. The van der Waals surface area contributed by atoms with Gasteiger partial charge in [0.15, 0.2) is 0 Å². The van der Waals surface area contributed by atoms with Gasteiger partial charge in [0, 0.05) is 24.1 Å². The number of carboxylic acids is 1. The number of aryl methyl sites for hydroxylation is 1. The van der Waals surface area contributed by atoms with Gasteiger partial charge >= 0.3 is 5.97 Å². The molecule has 178 valence electrons. The summed E-state index contributed by atoms with van der Waals surface area (Å²) in [6, 6.07) is 14.9. The zero-order chi connectivity index (χ0) is 24.6. The molecular formula is C28H26FN3O3. The lowest BCUT2D eigenvalue weighted by Crippen LogP contribution is -2.25. The van der Waals surface area contributed by atoms with Crippen LogP contribution in [0.1, 0.15) is 41.7 Å². The van der Waals surface area contributed by atoms with E-state index in [-0.39, 0.29) is 24.7 Å². The molecule has 1 aliphatic carbocycles. The lowest BCUT2D eigenvalue weighted by atomic mass is 10.0. The molecule has 2 aromatic carbocycles. The summed E-state index contributed by atoms with van der Waals surface area (Å²) in [5.41, 5.74) is 4.83. The maximum atomic E-state index is 13.6. The van der Waals surface area contributed by atoms with Crippen LogP contribution in [0.2, 0.25) is 0 Å². The number of allylic oxidation sites excluding steroid dienone is 4. The Balaban J connectivity index is 1.57. The van der Waals surface area contributed by atoms with Crippen molar-refractivity contribution in [3.63, 3.8) is 0 Å². The SMILES string of the molecule is O=C(O)CCCCc1nc2cc(C(=O)NCC3=CC(F)=CCC=C3)ccc2nc1-c1ccccc1. The fraction of sp³-hybridized carbons (Fsp3) is 0.214. The number of halogens is 1. The second-order valence-electron chi connectivity index (χ2n) is 8.32. The lowest BCUT2D eigenvalue weighted by Gasteiger charge is -2.11. The predicted octanol–water partition coefficient (Wildman–Crippen LogP) is 5.56. The molecule has 1 amide bonds. The average Bonchev–Trinajstić information content (AvgIpc) is 3.08. The molecule has 0 saturated carbocycles. The van der Waals surface area contributed by atoms with Crippen molar-refractivity contribution >= 4 is 22.9 Å². The van der Waals surface area contributed by atoms with Crippen LogP contribution in [-0.4, -0.2) is 33.5 Å². The number of nitrogens with one attached hydrogen (secondary N) is 1. The minimum Gasteiger partial charge on any atom is -0.481 e. The average molecular weight is 472 g/mol. The van der Waals surface area contributed by atoms with E-state index in [9.17, 15) is 14.0 Å². The third-order valence-electron chi connectivity index (χ3n) is 5.66. The molecule has 0 radical (unpaired) electrons. The molecule has 0 aliphatic heterocycles. The molecule has 0 atom stereocenters. The lowest BCUT2D eigenvalue weighted by molar-refractivity contribution is -0.137. The smallest absolute Gasteiger partial charge is 0.303 e. The second-order valence-corrected chi connectivity index (χ2v) is 8.32. The van der Waals surface area contributed by atoms with Gasteiger partial charge in [-0.15, -0.1) is 0 Å². The number of carbonyl (C=O) groups excluding carboxylic acids is 1. The third kappa shape index (κ3) is 6.47. The predicted molar refractivity (Wildman–Crippen MR) is 134 cm³/mol. The summed E-state index contributed by atoms with van der Waals surface area (Å²) < 4.78 is 13.6. The summed E-state index contributed by atoms with van der Waals surface area (Å²) >= 11 is 0.